The molecular formula is C48H65N7O8PSi2+. The largest absolute Gasteiger partial charge is 0.697 e. The third-order valence-electron chi connectivity index (χ3n) is 13.2. The van der Waals surface area contributed by atoms with Crippen LogP contribution >= 0.6 is 8.25 Å². The average molecular weight is 955 g/mol. The van der Waals surface area contributed by atoms with Gasteiger partial charge >= 0.3 is 8.25 Å². The molecule has 2 saturated heterocycles. The smallest absolute Gasteiger partial charge is 0.405 e. The lowest BCUT2D eigenvalue weighted by atomic mass is 10.1. The van der Waals surface area contributed by atoms with E-state index in [1.54, 1.807) is 28.8 Å². The number of hydrogen-bond acceptors (Lipinski definition) is 12. The second-order valence-corrected chi connectivity index (χ2v) is 29.4. The zero-order valence-corrected chi connectivity index (χ0v) is 42.3. The molecule has 66 heavy (non-hydrogen) atoms. The van der Waals surface area contributed by atoms with Gasteiger partial charge in [0.15, 0.2) is 37.6 Å². The van der Waals surface area contributed by atoms with E-state index in [1.165, 1.54) is 63.7 Å². The normalized spacial score (nSPS) is 21.8. The molecule has 5 atom stereocenters. The van der Waals surface area contributed by atoms with Crippen molar-refractivity contribution in [2.24, 2.45) is 4.99 Å². The molecule has 18 heteroatoms. The van der Waals surface area contributed by atoms with Crippen LogP contribution in [0, 0.1) is 0 Å². The zero-order chi connectivity index (χ0) is 47.3. The van der Waals surface area contributed by atoms with E-state index in [9.17, 15) is 19.4 Å². The summed E-state index contributed by atoms with van der Waals surface area (Å²) in [7, 11) is -9.34. The summed E-state index contributed by atoms with van der Waals surface area (Å²) in [5.74, 6) is -1.31. The van der Waals surface area contributed by atoms with Crippen LogP contribution in [0.25, 0.3) is 11.2 Å². The van der Waals surface area contributed by atoms with Gasteiger partial charge < -0.3 is 28.9 Å². The van der Waals surface area contributed by atoms with E-state index < -0.39 is 54.2 Å². The quantitative estimate of drug-likeness (QED) is 0.0624. The fourth-order valence-electron chi connectivity index (χ4n) is 8.77. The van der Waals surface area contributed by atoms with Gasteiger partial charge in [0.25, 0.3) is 20.0 Å². The number of carbonyl (C=O) groups excluding carboxylic acids is 1. The van der Waals surface area contributed by atoms with Crippen LogP contribution in [0.1, 0.15) is 90.2 Å². The van der Waals surface area contributed by atoms with Gasteiger partial charge in [0.05, 0.1) is 18.8 Å². The number of nitrogens with one attached hydrogen (secondary N) is 1. The van der Waals surface area contributed by atoms with Crippen molar-refractivity contribution < 1.29 is 37.5 Å². The van der Waals surface area contributed by atoms with E-state index >= 15 is 0 Å². The molecule has 0 saturated carbocycles. The van der Waals surface area contributed by atoms with E-state index in [2.05, 4.69) is 50.9 Å². The molecule has 0 bridgehead atoms. The van der Waals surface area contributed by atoms with Gasteiger partial charge in [0.2, 0.25) is 0 Å². The first kappa shape index (κ1) is 49.4. The van der Waals surface area contributed by atoms with Crippen molar-refractivity contribution in [3.8, 4) is 0 Å². The highest BCUT2D eigenvalue weighted by molar-refractivity contribution is 7.32. The molecule has 0 radical (unpaired) electrons. The first-order valence-electron chi connectivity index (χ1n) is 22.8. The lowest BCUT2D eigenvalue weighted by molar-refractivity contribution is -0.212. The number of nitrogens with zero attached hydrogens (tertiary/aromatic N) is 6. The summed E-state index contributed by atoms with van der Waals surface area (Å²) in [6.45, 7) is 19.9. The second-order valence-electron chi connectivity index (χ2n) is 19.7. The molecule has 8 rings (SSSR count). The summed E-state index contributed by atoms with van der Waals surface area (Å²) in [6, 6.07) is 28.7. The van der Waals surface area contributed by atoms with Crippen LogP contribution < -0.4 is 15.7 Å². The summed E-state index contributed by atoms with van der Waals surface area (Å²) in [5.41, 5.74) is 0.947. The van der Waals surface area contributed by atoms with E-state index in [1.807, 2.05) is 101 Å². The van der Waals surface area contributed by atoms with Gasteiger partial charge in [-0.15, -0.1) is 4.89 Å². The number of aromatic nitrogens is 4. The highest BCUT2D eigenvalue weighted by atomic mass is 31.1. The summed E-state index contributed by atoms with van der Waals surface area (Å²) in [5, 5.41) is 16.7. The fourth-order valence-corrected chi connectivity index (χ4v) is 15.1. The minimum absolute atomic E-state index is 0.161. The summed E-state index contributed by atoms with van der Waals surface area (Å²) in [6.07, 6.45) is 5.50. The summed E-state index contributed by atoms with van der Waals surface area (Å²) >= 11 is 0. The predicted octanol–water partition coefficient (Wildman–Crippen LogP) is 7.96. The molecule has 352 valence electrons. The Bertz CT molecular complexity index is 2430. The van der Waals surface area contributed by atoms with E-state index in [4.69, 9.17) is 18.1 Å². The number of imidazole rings is 1. The van der Waals surface area contributed by atoms with E-state index in [0.29, 0.717) is 5.56 Å². The lowest BCUT2D eigenvalue weighted by Gasteiger charge is -2.44. The van der Waals surface area contributed by atoms with Crippen LogP contribution in [0.3, 0.4) is 0 Å². The molecular weight excluding hydrogens is 890 g/mol. The number of amidine groups is 1. The number of benzene rings is 3. The van der Waals surface area contributed by atoms with Gasteiger partial charge in [-0.25, -0.2) is 15.0 Å². The molecule has 5 heterocycles. The Hall–Kier alpha value is -4.56. The van der Waals surface area contributed by atoms with Crippen LogP contribution in [-0.4, -0.2) is 107 Å². The summed E-state index contributed by atoms with van der Waals surface area (Å²) < 4.78 is 40.6. The Kier molecular flexibility index (Phi) is 15.2. The molecule has 15 nitrogen and oxygen atoms in total. The van der Waals surface area contributed by atoms with Crippen molar-refractivity contribution in [2.75, 3.05) is 31.6 Å². The first-order valence-corrected chi connectivity index (χ1v) is 28.8. The number of carbonyl (C=O) groups is 1. The number of ether oxygens (including phenoxy) is 1. The molecule has 0 aliphatic carbocycles. The lowest BCUT2D eigenvalue weighted by Crippen LogP contribution is -2.67. The van der Waals surface area contributed by atoms with Crippen molar-refractivity contribution in [2.45, 2.75) is 121 Å². The summed E-state index contributed by atoms with van der Waals surface area (Å²) in [4.78, 5) is 43.8. The number of fused-ring (bicyclic) bond motifs is 2. The number of hydrogen-bond donors (Lipinski definition) is 3. The van der Waals surface area contributed by atoms with Crippen molar-refractivity contribution in [1.29, 1.82) is 0 Å². The molecule has 3 aliphatic rings. The van der Waals surface area contributed by atoms with Gasteiger partial charge in [0, 0.05) is 36.2 Å². The molecule has 3 aliphatic heterocycles. The average Bonchev–Trinajstić information content (AvgIpc) is 3.71. The third kappa shape index (κ3) is 10.4. The molecule has 3 aromatic carbocycles. The van der Waals surface area contributed by atoms with Crippen LogP contribution in [0.4, 0.5) is 5.82 Å². The molecule has 1 amide bonds. The molecule has 0 spiro atoms. The van der Waals surface area contributed by atoms with Gasteiger partial charge in [0.1, 0.15) is 12.4 Å². The fraction of sp³-hybridized carbons (Fsp3) is 0.479. The number of aliphatic imine (C=N–C) groups is 1. The number of rotatable bonds is 12. The standard InChI is InChI=1S/C39H48N5O8PSi2.C9H16N2/c1-37(2,3)54(7,8)51-32-36(44-26-42-31-33(40-25-41-34(31)44)43-35(45)27-18-12-9-13-19-27)50-30(39(32,46)52-53(47)48)24-49-55(38(4,5)6,28-20-14-10-15-21-28)29-22-16-11-17-23-29;1-2-5-9-10-6-4-8-11(9)7-3-1/h9-23,25-26,30,32,36,46H,24H2,1-8H3,(H-,40,41,43,45,47,48);1-8H2/p+1/t30-,32+,36-,39-;/m1./s1. The Morgan fingerprint density at radius 1 is 0.864 bits per heavy atom. The monoisotopic (exact) mass is 954 g/mol. The SMILES string of the molecule is C1CCC2=NCCCN2CC1.CC(C)(C)[Si](C)(C)O[C@H]1[C@H](n2cnc3c(NC(=O)c4ccccc4)ncnc32)O[C@H](CO[Si](c2ccccc2)(c2ccccc2)C(C)(C)C)[C@@]1(O)O[P+](=O)O. The second kappa shape index (κ2) is 20.4. The van der Waals surface area contributed by atoms with E-state index in [0.717, 1.165) is 16.9 Å². The highest BCUT2D eigenvalue weighted by Crippen LogP contribution is 2.49. The van der Waals surface area contributed by atoms with Crippen molar-refractivity contribution >= 4 is 64.0 Å². The molecule has 1 unspecified atom stereocenters. The van der Waals surface area contributed by atoms with Crippen LogP contribution in [0.5, 0.6) is 0 Å². The molecule has 3 N–H and O–H groups in total. The van der Waals surface area contributed by atoms with Crippen LogP contribution in [0.15, 0.2) is 109 Å². The topological polar surface area (TPSA) is 183 Å². The molecule has 2 fully saturated rings. The Morgan fingerprint density at radius 3 is 2.09 bits per heavy atom. The van der Waals surface area contributed by atoms with Gasteiger partial charge in [-0.3, -0.25) is 14.4 Å². The number of amides is 1. The Balaban J connectivity index is 0.000000511. The number of aliphatic hydroxyl groups is 1. The van der Waals surface area contributed by atoms with Crippen LogP contribution in [-0.2, 0) is 22.7 Å². The number of anilines is 1. The predicted molar refractivity (Wildman–Crippen MR) is 262 cm³/mol. The van der Waals surface area contributed by atoms with Gasteiger partial charge in [-0.2, -0.15) is 0 Å². The minimum atomic E-state index is -3.37. The van der Waals surface area contributed by atoms with Crippen molar-refractivity contribution in [1.82, 2.24) is 24.4 Å². The van der Waals surface area contributed by atoms with Crippen molar-refractivity contribution in [3.05, 3.63) is 109 Å². The van der Waals surface area contributed by atoms with Gasteiger partial charge in [-0.1, -0.05) is 131 Å². The minimum Gasteiger partial charge on any atom is -0.405 e. The van der Waals surface area contributed by atoms with E-state index in [-0.39, 0.29) is 34.5 Å². The first-order chi connectivity index (χ1) is 31.4. The third-order valence-corrected chi connectivity index (χ3v) is 23.1. The Labute approximate surface area is 391 Å². The van der Waals surface area contributed by atoms with Gasteiger partial charge in [-0.05, 0) is 64.9 Å². The highest BCUT2D eigenvalue weighted by Gasteiger charge is 2.66. The Morgan fingerprint density at radius 2 is 1.48 bits per heavy atom. The maximum Gasteiger partial charge on any atom is 0.697 e. The maximum atomic E-state index is 13.1. The van der Waals surface area contributed by atoms with Crippen LogP contribution in [0.2, 0.25) is 23.2 Å². The van der Waals surface area contributed by atoms with Crippen molar-refractivity contribution in [3.63, 3.8) is 0 Å². The molecule has 2 aromatic heterocycles. The maximum absolute atomic E-state index is 13.1. The molecule has 5 aromatic rings. The zero-order valence-electron chi connectivity index (χ0n) is 39.4.